The quantitative estimate of drug-likeness (QED) is 0.486. The Hall–Kier alpha value is -3.36. The molecule has 184 valence electrons. The van der Waals surface area contributed by atoms with Crippen molar-refractivity contribution in [2.24, 2.45) is 0 Å². The van der Waals surface area contributed by atoms with Crippen LogP contribution in [0.2, 0.25) is 0 Å². The van der Waals surface area contributed by atoms with E-state index in [1.165, 1.54) is 0 Å². The van der Waals surface area contributed by atoms with Crippen molar-refractivity contribution in [3.05, 3.63) is 41.3 Å². The van der Waals surface area contributed by atoms with Crippen molar-refractivity contribution in [2.75, 3.05) is 26.3 Å². The number of nitrogens with zero attached hydrogens (tertiary/aromatic N) is 2. The summed E-state index contributed by atoms with van der Waals surface area (Å²) in [7, 11) is 0. The van der Waals surface area contributed by atoms with Gasteiger partial charge in [0.2, 0.25) is 0 Å². The van der Waals surface area contributed by atoms with Crippen LogP contribution in [0.3, 0.4) is 0 Å². The fourth-order valence-electron chi connectivity index (χ4n) is 3.82. The second-order valence-electron chi connectivity index (χ2n) is 9.13. The molecule has 0 bridgehead atoms. The molecule has 1 aliphatic rings. The lowest BCUT2D eigenvalue weighted by molar-refractivity contribution is 0.0195. The molecule has 34 heavy (non-hydrogen) atoms. The molecule has 1 N–H and O–H groups in total. The van der Waals surface area contributed by atoms with E-state index in [2.05, 4.69) is 4.98 Å². The fraction of sp³-hybridized carbons (Fsp3) is 0.520. The van der Waals surface area contributed by atoms with Crippen LogP contribution in [-0.2, 0) is 14.2 Å². The number of hydrogen-bond donors (Lipinski definition) is 1. The standard InChI is InChI=1S/C25H33N3O6/c1-6-32-22(29)17-12-10-16(11-13-17)19-20(23(30)33-7-2)27-21(26-19)18-9-8-14-28(15-18)24(31)34-25(3,4)5/h10-13,18H,6-9,14-15H2,1-5H3,(H,26,27). The largest absolute Gasteiger partial charge is 0.462 e. The van der Waals surface area contributed by atoms with Crippen molar-refractivity contribution in [3.63, 3.8) is 0 Å². The van der Waals surface area contributed by atoms with Gasteiger partial charge in [-0.1, -0.05) is 12.1 Å². The van der Waals surface area contributed by atoms with E-state index in [-0.39, 0.29) is 30.9 Å². The number of piperidine rings is 1. The van der Waals surface area contributed by atoms with E-state index in [1.54, 1.807) is 43.0 Å². The fourth-order valence-corrected chi connectivity index (χ4v) is 3.82. The molecule has 3 rings (SSSR count). The summed E-state index contributed by atoms with van der Waals surface area (Å²) in [6, 6.07) is 6.73. The van der Waals surface area contributed by atoms with Gasteiger partial charge in [-0.2, -0.15) is 0 Å². The number of aromatic nitrogens is 2. The number of ether oxygens (including phenoxy) is 3. The smallest absolute Gasteiger partial charge is 0.410 e. The highest BCUT2D eigenvalue weighted by Gasteiger charge is 2.31. The third-order valence-electron chi connectivity index (χ3n) is 5.33. The Morgan fingerprint density at radius 2 is 1.71 bits per heavy atom. The van der Waals surface area contributed by atoms with Crippen LogP contribution < -0.4 is 0 Å². The van der Waals surface area contributed by atoms with Crippen molar-refractivity contribution in [3.8, 4) is 11.3 Å². The molecule has 9 heteroatoms. The molecule has 9 nitrogen and oxygen atoms in total. The molecule has 2 aromatic rings. The van der Waals surface area contributed by atoms with Crippen molar-refractivity contribution in [2.45, 2.75) is 59.0 Å². The zero-order valence-corrected chi connectivity index (χ0v) is 20.5. The highest BCUT2D eigenvalue weighted by Crippen LogP contribution is 2.30. The van der Waals surface area contributed by atoms with Gasteiger partial charge in [0, 0.05) is 24.6 Å². The molecular weight excluding hydrogens is 438 g/mol. The van der Waals surface area contributed by atoms with Gasteiger partial charge in [0.1, 0.15) is 17.1 Å². The van der Waals surface area contributed by atoms with Gasteiger partial charge in [-0.25, -0.2) is 19.4 Å². The number of rotatable bonds is 6. The summed E-state index contributed by atoms with van der Waals surface area (Å²) in [5, 5.41) is 0. The minimum Gasteiger partial charge on any atom is -0.462 e. The number of aromatic amines is 1. The maximum atomic E-state index is 12.7. The summed E-state index contributed by atoms with van der Waals surface area (Å²) >= 11 is 0. The van der Waals surface area contributed by atoms with Gasteiger partial charge in [-0.05, 0) is 59.6 Å². The van der Waals surface area contributed by atoms with Crippen LogP contribution in [0.4, 0.5) is 4.79 Å². The summed E-state index contributed by atoms with van der Waals surface area (Å²) in [5.74, 6) is -0.389. The van der Waals surface area contributed by atoms with Crippen LogP contribution in [0.25, 0.3) is 11.3 Å². The molecule has 0 radical (unpaired) electrons. The van der Waals surface area contributed by atoms with E-state index in [0.29, 0.717) is 35.7 Å². The topological polar surface area (TPSA) is 111 Å². The summed E-state index contributed by atoms with van der Waals surface area (Å²) in [4.78, 5) is 46.8. The van der Waals surface area contributed by atoms with Gasteiger partial charge in [0.25, 0.3) is 0 Å². The van der Waals surface area contributed by atoms with Gasteiger partial charge >= 0.3 is 18.0 Å². The molecule has 1 fully saturated rings. The number of imidazole rings is 1. The Morgan fingerprint density at radius 3 is 2.32 bits per heavy atom. The molecular formula is C25H33N3O6. The third kappa shape index (κ3) is 6.15. The molecule has 0 saturated carbocycles. The first-order valence-corrected chi connectivity index (χ1v) is 11.7. The summed E-state index contributed by atoms with van der Waals surface area (Å²) in [6.45, 7) is 10.6. The van der Waals surface area contributed by atoms with Crippen LogP contribution >= 0.6 is 0 Å². The van der Waals surface area contributed by atoms with Crippen molar-refractivity contribution < 1.29 is 28.6 Å². The van der Waals surface area contributed by atoms with Crippen LogP contribution in [-0.4, -0.2) is 64.8 Å². The van der Waals surface area contributed by atoms with Gasteiger partial charge < -0.3 is 24.1 Å². The normalized spacial score (nSPS) is 16.1. The number of nitrogens with one attached hydrogen (secondary N) is 1. The highest BCUT2D eigenvalue weighted by molar-refractivity contribution is 5.95. The zero-order chi connectivity index (χ0) is 24.9. The van der Waals surface area contributed by atoms with Gasteiger partial charge in [-0.15, -0.1) is 0 Å². The van der Waals surface area contributed by atoms with E-state index in [9.17, 15) is 14.4 Å². The molecule has 1 unspecified atom stereocenters. The molecule has 1 atom stereocenters. The second kappa shape index (κ2) is 10.7. The van der Waals surface area contributed by atoms with E-state index in [4.69, 9.17) is 19.2 Å². The number of hydrogen-bond acceptors (Lipinski definition) is 7. The molecule has 2 heterocycles. The molecule has 1 aromatic carbocycles. The molecule has 1 amide bonds. The summed E-state index contributed by atoms with van der Waals surface area (Å²) < 4.78 is 15.8. The first-order valence-electron chi connectivity index (χ1n) is 11.7. The number of H-pyrrole nitrogens is 1. The third-order valence-corrected chi connectivity index (χ3v) is 5.33. The Morgan fingerprint density at radius 1 is 1.06 bits per heavy atom. The average Bonchev–Trinajstić information content (AvgIpc) is 3.24. The van der Waals surface area contributed by atoms with E-state index < -0.39 is 17.5 Å². The van der Waals surface area contributed by atoms with Gasteiger partial charge in [-0.3, -0.25) is 0 Å². The minimum absolute atomic E-state index is 0.0815. The monoisotopic (exact) mass is 471 g/mol. The number of esters is 2. The lowest BCUT2D eigenvalue weighted by Gasteiger charge is -2.33. The Labute approximate surface area is 199 Å². The van der Waals surface area contributed by atoms with Crippen molar-refractivity contribution >= 4 is 18.0 Å². The van der Waals surface area contributed by atoms with Gasteiger partial charge in [0.15, 0.2) is 5.69 Å². The van der Waals surface area contributed by atoms with Gasteiger partial charge in [0.05, 0.1) is 18.8 Å². The minimum atomic E-state index is -0.575. The van der Waals surface area contributed by atoms with E-state index in [0.717, 1.165) is 12.8 Å². The number of likely N-dealkylation sites (tertiary alicyclic amines) is 1. The maximum absolute atomic E-state index is 12.7. The summed E-state index contributed by atoms with van der Waals surface area (Å²) in [6.07, 6.45) is 1.25. The summed E-state index contributed by atoms with van der Waals surface area (Å²) in [5.41, 5.74) is 1.19. The first-order chi connectivity index (χ1) is 16.1. The van der Waals surface area contributed by atoms with E-state index in [1.807, 2.05) is 20.8 Å². The molecule has 0 spiro atoms. The lowest BCUT2D eigenvalue weighted by atomic mass is 9.98. The predicted molar refractivity (Wildman–Crippen MR) is 126 cm³/mol. The van der Waals surface area contributed by atoms with Crippen LogP contribution in [0.1, 0.15) is 80.0 Å². The van der Waals surface area contributed by atoms with Crippen LogP contribution in [0.5, 0.6) is 0 Å². The average molecular weight is 472 g/mol. The number of carbonyl (C=O) groups is 3. The Kier molecular flexibility index (Phi) is 7.96. The number of benzene rings is 1. The SMILES string of the molecule is CCOC(=O)c1ccc(-c2nc(C3CCCN(C(=O)OC(C)(C)C)C3)[nH]c2C(=O)OCC)cc1. The van der Waals surface area contributed by atoms with Crippen LogP contribution in [0.15, 0.2) is 24.3 Å². The molecule has 0 aliphatic carbocycles. The van der Waals surface area contributed by atoms with Crippen molar-refractivity contribution in [1.82, 2.24) is 14.9 Å². The zero-order valence-electron chi connectivity index (χ0n) is 20.5. The molecule has 1 aliphatic heterocycles. The maximum Gasteiger partial charge on any atom is 0.410 e. The molecule has 1 aromatic heterocycles. The predicted octanol–water partition coefficient (Wildman–Crippen LogP) is 4.54. The van der Waals surface area contributed by atoms with Crippen LogP contribution in [0, 0.1) is 0 Å². The molecule has 1 saturated heterocycles. The lowest BCUT2D eigenvalue weighted by Crippen LogP contribution is -2.42. The first kappa shape index (κ1) is 25.3. The van der Waals surface area contributed by atoms with Crippen molar-refractivity contribution in [1.29, 1.82) is 0 Å². The Balaban J connectivity index is 1.88. The highest BCUT2D eigenvalue weighted by atomic mass is 16.6. The number of carbonyl (C=O) groups excluding carboxylic acids is 3. The Bertz CT molecular complexity index is 1020. The number of amides is 1. The second-order valence-corrected chi connectivity index (χ2v) is 9.13. The van der Waals surface area contributed by atoms with E-state index >= 15 is 0 Å².